The van der Waals surface area contributed by atoms with Gasteiger partial charge in [0.15, 0.2) is 0 Å². The number of likely N-dealkylation sites (tertiary alicyclic amines) is 1. The molecule has 0 spiro atoms. The van der Waals surface area contributed by atoms with Gasteiger partial charge in [-0.15, -0.1) is 0 Å². The normalized spacial score (nSPS) is 20.6. The zero-order valence-electron chi connectivity index (χ0n) is 12.9. The summed E-state index contributed by atoms with van der Waals surface area (Å²) in [6.07, 6.45) is 5.03. The van der Waals surface area contributed by atoms with E-state index in [9.17, 15) is 4.79 Å². The molecule has 0 radical (unpaired) electrons. The van der Waals surface area contributed by atoms with Crippen molar-refractivity contribution >= 4 is 6.09 Å². The van der Waals surface area contributed by atoms with E-state index in [2.05, 4.69) is 0 Å². The molecule has 2 rings (SSSR count). The van der Waals surface area contributed by atoms with Gasteiger partial charge >= 0.3 is 6.09 Å². The van der Waals surface area contributed by atoms with Crippen molar-refractivity contribution in [2.75, 3.05) is 19.6 Å². The van der Waals surface area contributed by atoms with Crippen molar-refractivity contribution in [3.8, 4) is 0 Å². The van der Waals surface area contributed by atoms with Crippen LogP contribution in [-0.4, -0.2) is 36.2 Å². The molecule has 1 saturated heterocycles. The van der Waals surface area contributed by atoms with Crippen molar-refractivity contribution in [3.63, 3.8) is 0 Å². The molecule has 19 heavy (non-hydrogen) atoms. The maximum absolute atomic E-state index is 11.8. The number of carbonyl (C=O) groups excluding carboxylic acids is 1. The third-order valence-electron chi connectivity index (χ3n) is 3.48. The van der Waals surface area contributed by atoms with Crippen molar-refractivity contribution in [2.24, 2.45) is 17.6 Å². The monoisotopic (exact) mass is 270 g/mol. The van der Waals surface area contributed by atoms with Crippen LogP contribution in [0.2, 0.25) is 0 Å². The van der Waals surface area contributed by atoms with Gasteiger partial charge in [0, 0.05) is 13.1 Å². The van der Waals surface area contributed by atoms with E-state index in [0.29, 0.717) is 0 Å². The third-order valence-corrected chi connectivity index (χ3v) is 3.48. The minimum atomic E-state index is -0.371. The van der Waals surface area contributed by atoms with Gasteiger partial charge in [-0.25, -0.2) is 4.79 Å². The first-order valence-electron chi connectivity index (χ1n) is 7.55. The number of rotatable bonds is 1. The summed E-state index contributed by atoms with van der Waals surface area (Å²) >= 11 is 0. The van der Waals surface area contributed by atoms with Crippen LogP contribution in [0.4, 0.5) is 4.79 Å². The zero-order chi connectivity index (χ0) is 14.5. The summed E-state index contributed by atoms with van der Waals surface area (Å²) in [6, 6.07) is 0. The molecule has 112 valence electrons. The Labute approximate surface area is 117 Å². The molecule has 0 aromatic carbocycles. The summed E-state index contributed by atoms with van der Waals surface area (Å²) in [7, 11) is 0. The third kappa shape index (κ3) is 6.28. The van der Waals surface area contributed by atoms with Crippen LogP contribution in [0.15, 0.2) is 0 Å². The summed E-state index contributed by atoms with van der Waals surface area (Å²) < 4.78 is 5.38. The van der Waals surface area contributed by atoms with Crippen LogP contribution in [0.1, 0.15) is 53.4 Å². The van der Waals surface area contributed by atoms with Crippen molar-refractivity contribution in [3.05, 3.63) is 0 Å². The van der Waals surface area contributed by atoms with E-state index in [-0.39, 0.29) is 11.7 Å². The summed E-state index contributed by atoms with van der Waals surface area (Å²) in [4.78, 5) is 13.7. The molecule has 4 heteroatoms. The van der Waals surface area contributed by atoms with Gasteiger partial charge in [0.05, 0.1) is 0 Å². The lowest BCUT2D eigenvalue weighted by atomic mass is 9.92. The Morgan fingerprint density at radius 1 is 1.16 bits per heavy atom. The summed E-state index contributed by atoms with van der Waals surface area (Å²) in [5, 5.41) is 0. The maximum atomic E-state index is 11.8. The number of ether oxygens (including phenoxy) is 1. The van der Waals surface area contributed by atoms with Gasteiger partial charge in [-0.05, 0) is 64.8 Å². The lowest BCUT2D eigenvalue weighted by molar-refractivity contribution is 0.0176. The van der Waals surface area contributed by atoms with Gasteiger partial charge in [-0.1, -0.05) is 6.92 Å². The molecule has 1 heterocycles. The van der Waals surface area contributed by atoms with Crippen LogP contribution < -0.4 is 5.73 Å². The quantitative estimate of drug-likeness (QED) is 0.797. The molecular formula is C15H30N2O2. The predicted octanol–water partition coefficient (Wildman–Crippen LogP) is 3.01. The Balaban J connectivity index is 0.000000550. The topological polar surface area (TPSA) is 55.6 Å². The SMILES string of the molecule is CC(C)(C)OC(=O)N1CCC(C2CC2)CC1.CCN. The van der Waals surface area contributed by atoms with E-state index in [1.165, 1.54) is 25.7 Å². The highest BCUT2D eigenvalue weighted by molar-refractivity contribution is 5.68. The van der Waals surface area contributed by atoms with Gasteiger partial charge in [-0.2, -0.15) is 0 Å². The van der Waals surface area contributed by atoms with Gasteiger partial charge in [0.2, 0.25) is 0 Å². The van der Waals surface area contributed by atoms with Gasteiger partial charge < -0.3 is 15.4 Å². The zero-order valence-corrected chi connectivity index (χ0v) is 12.9. The molecule has 1 aliphatic carbocycles. The van der Waals surface area contributed by atoms with E-state index < -0.39 is 0 Å². The number of amides is 1. The smallest absolute Gasteiger partial charge is 0.410 e. The summed E-state index contributed by atoms with van der Waals surface area (Å²) in [6.45, 7) is 10.2. The van der Waals surface area contributed by atoms with E-state index >= 15 is 0 Å². The number of piperidine rings is 1. The fourth-order valence-electron chi connectivity index (χ4n) is 2.45. The van der Waals surface area contributed by atoms with Crippen molar-refractivity contribution in [2.45, 2.75) is 59.0 Å². The maximum Gasteiger partial charge on any atom is 0.410 e. The van der Waals surface area contributed by atoms with Crippen molar-refractivity contribution in [1.82, 2.24) is 4.90 Å². The lowest BCUT2D eigenvalue weighted by Crippen LogP contribution is -2.42. The number of hydrogen-bond donors (Lipinski definition) is 1. The minimum Gasteiger partial charge on any atom is -0.444 e. The van der Waals surface area contributed by atoms with E-state index in [4.69, 9.17) is 10.5 Å². The molecule has 1 amide bonds. The molecule has 4 nitrogen and oxygen atoms in total. The van der Waals surface area contributed by atoms with Crippen molar-refractivity contribution in [1.29, 1.82) is 0 Å². The Morgan fingerprint density at radius 3 is 1.95 bits per heavy atom. The average Bonchev–Trinajstić information content (AvgIpc) is 3.12. The minimum absolute atomic E-state index is 0.137. The van der Waals surface area contributed by atoms with Crippen molar-refractivity contribution < 1.29 is 9.53 Å². The van der Waals surface area contributed by atoms with Crippen LogP contribution >= 0.6 is 0 Å². The first-order valence-corrected chi connectivity index (χ1v) is 7.55. The first-order chi connectivity index (χ1) is 8.87. The second-order valence-corrected chi connectivity index (χ2v) is 6.55. The van der Waals surface area contributed by atoms with Crippen LogP contribution in [0.3, 0.4) is 0 Å². The highest BCUT2D eigenvalue weighted by Gasteiger charge is 2.35. The van der Waals surface area contributed by atoms with Gasteiger partial charge in [-0.3, -0.25) is 0 Å². The highest BCUT2D eigenvalue weighted by Crippen LogP contribution is 2.41. The lowest BCUT2D eigenvalue weighted by Gasteiger charge is -2.33. The highest BCUT2D eigenvalue weighted by atomic mass is 16.6. The molecule has 2 fully saturated rings. The molecule has 0 unspecified atom stereocenters. The predicted molar refractivity (Wildman–Crippen MR) is 78.0 cm³/mol. The average molecular weight is 270 g/mol. The molecular weight excluding hydrogens is 240 g/mol. The standard InChI is InChI=1S/C13H23NO2.C2H7N/c1-13(2,3)16-12(15)14-8-6-11(7-9-14)10-4-5-10;1-2-3/h10-11H,4-9H2,1-3H3;2-3H2,1H3. The molecule has 0 aromatic rings. The Bertz CT molecular complexity index is 274. The fourth-order valence-corrected chi connectivity index (χ4v) is 2.45. The van der Waals surface area contributed by atoms with E-state index in [0.717, 1.165) is 31.5 Å². The largest absolute Gasteiger partial charge is 0.444 e. The van der Waals surface area contributed by atoms with Crippen LogP contribution in [0, 0.1) is 11.8 Å². The fraction of sp³-hybridized carbons (Fsp3) is 0.933. The molecule has 1 saturated carbocycles. The first kappa shape index (κ1) is 16.3. The Morgan fingerprint density at radius 2 is 1.58 bits per heavy atom. The molecule has 0 atom stereocenters. The van der Waals surface area contributed by atoms with E-state index in [1.54, 1.807) is 0 Å². The van der Waals surface area contributed by atoms with Crippen LogP contribution in [0.25, 0.3) is 0 Å². The van der Waals surface area contributed by atoms with Crippen LogP contribution in [-0.2, 0) is 4.74 Å². The summed E-state index contributed by atoms with van der Waals surface area (Å²) in [5.74, 6) is 1.85. The Hall–Kier alpha value is -0.770. The second-order valence-electron chi connectivity index (χ2n) is 6.55. The molecule has 0 bridgehead atoms. The second kappa shape index (κ2) is 7.13. The van der Waals surface area contributed by atoms with Gasteiger partial charge in [0.1, 0.15) is 5.60 Å². The molecule has 2 N–H and O–H groups in total. The van der Waals surface area contributed by atoms with Gasteiger partial charge in [0.25, 0.3) is 0 Å². The molecule has 0 aromatic heterocycles. The number of nitrogens with zero attached hydrogens (tertiary/aromatic N) is 1. The number of nitrogens with two attached hydrogens (primary N) is 1. The number of hydrogen-bond acceptors (Lipinski definition) is 3. The number of carbonyl (C=O) groups is 1. The molecule has 2 aliphatic rings. The Kier molecular flexibility index (Phi) is 6.11. The summed E-state index contributed by atoms with van der Waals surface area (Å²) in [5.41, 5.74) is 4.48. The van der Waals surface area contributed by atoms with Crippen LogP contribution in [0.5, 0.6) is 0 Å². The molecule has 1 aliphatic heterocycles. The van der Waals surface area contributed by atoms with E-state index in [1.807, 2.05) is 32.6 Å².